The zero-order valence-corrected chi connectivity index (χ0v) is 13.8. The number of nitrogens with one attached hydrogen (secondary N) is 1. The maximum atomic E-state index is 12.9. The Labute approximate surface area is 140 Å². The van der Waals surface area contributed by atoms with Crippen LogP contribution in [0.2, 0.25) is 0 Å². The lowest BCUT2D eigenvalue weighted by molar-refractivity contribution is -0.129. The quantitative estimate of drug-likeness (QED) is 0.637. The van der Waals surface area contributed by atoms with E-state index in [1.807, 2.05) is 13.0 Å². The smallest absolute Gasteiger partial charge is 0.243 e. The predicted molar refractivity (Wildman–Crippen MR) is 87.5 cm³/mol. The standard InChI is InChI=1S/C11H15FN2O2.C7H7F/c1-2-8(3-4-11(15)14-16)9-5-10(12)7-13-6-9;1-6-4-2-3-5-7(6)8/h5-8,16H,2-4H2,1H3,(H,14,15);2-5H,1H3. The first-order valence-electron chi connectivity index (χ1n) is 7.72. The SMILES string of the molecule is CCC(CCC(=O)NO)c1cncc(F)c1.Cc1ccccc1F. The molecule has 0 aliphatic heterocycles. The van der Waals surface area contributed by atoms with Gasteiger partial charge in [0.1, 0.15) is 11.6 Å². The number of hydrogen-bond donors (Lipinski definition) is 2. The zero-order chi connectivity index (χ0) is 17.9. The summed E-state index contributed by atoms with van der Waals surface area (Å²) < 4.78 is 25.3. The minimum atomic E-state index is -0.428. The van der Waals surface area contributed by atoms with E-state index < -0.39 is 5.91 Å². The zero-order valence-electron chi connectivity index (χ0n) is 13.8. The molecule has 1 atom stereocenters. The molecule has 1 amide bonds. The molecule has 130 valence electrons. The number of carbonyl (C=O) groups excluding carboxylic acids is 1. The Kier molecular flexibility index (Phi) is 8.57. The van der Waals surface area contributed by atoms with Crippen LogP contribution < -0.4 is 5.48 Å². The highest BCUT2D eigenvalue weighted by atomic mass is 19.1. The number of hydroxylamine groups is 1. The lowest BCUT2D eigenvalue weighted by atomic mass is 9.93. The molecule has 24 heavy (non-hydrogen) atoms. The summed E-state index contributed by atoms with van der Waals surface area (Å²) in [6.45, 7) is 3.71. The van der Waals surface area contributed by atoms with Crippen molar-refractivity contribution in [2.24, 2.45) is 0 Å². The summed E-state index contributed by atoms with van der Waals surface area (Å²) in [5, 5.41) is 8.36. The van der Waals surface area contributed by atoms with Crippen LogP contribution in [0.15, 0.2) is 42.7 Å². The summed E-state index contributed by atoms with van der Waals surface area (Å²) in [5.41, 5.74) is 3.07. The van der Waals surface area contributed by atoms with Gasteiger partial charge in [-0.15, -0.1) is 0 Å². The predicted octanol–water partition coefficient (Wildman–Crippen LogP) is 4.13. The highest BCUT2D eigenvalue weighted by Gasteiger charge is 2.12. The first kappa shape index (κ1) is 19.7. The van der Waals surface area contributed by atoms with Crippen LogP contribution in [0, 0.1) is 18.6 Å². The lowest BCUT2D eigenvalue weighted by Gasteiger charge is -2.13. The molecule has 0 aliphatic rings. The van der Waals surface area contributed by atoms with Gasteiger partial charge in [-0.05, 0) is 48.9 Å². The van der Waals surface area contributed by atoms with Crippen molar-refractivity contribution in [1.82, 2.24) is 10.5 Å². The van der Waals surface area contributed by atoms with Crippen molar-refractivity contribution >= 4 is 5.91 Å². The molecular formula is C18H22F2N2O2. The second kappa shape index (κ2) is 10.4. The second-order valence-corrected chi connectivity index (χ2v) is 5.36. The highest BCUT2D eigenvalue weighted by molar-refractivity contribution is 5.74. The number of benzene rings is 1. The third-order valence-electron chi connectivity index (χ3n) is 3.61. The van der Waals surface area contributed by atoms with E-state index in [1.54, 1.807) is 30.7 Å². The Balaban J connectivity index is 0.000000300. The van der Waals surface area contributed by atoms with Gasteiger partial charge in [0.15, 0.2) is 0 Å². The van der Waals surface area contributed by atoms with Crippen molar-refractivity contribution in [3.05, 3.63) is 65.5 Å². The average Bonchev–Trinajstić information content (AvgIpc) is 2.58. The molecule has 6 heteroatoms. The number of aryl methyl sites for hydroxylation is 1. The Morgan fingerprint density at radius 2 is 2.00 bits per heavy atom. The van der Waals surface area contributed by atoms with Crippen molar-refractivity contribution < 1.29 is 18.8 Å². The maximum Gasteiger partial charge on any atom is 0.243 e. The van der Waals surface area contributed by atoms with Gasteiger partial charge in [-0.1, -0.05) is 25.1 Å². The monoisotopic (exact) mass is 336 g/mol. The van der Waals surface area contributed by atoms with Gasteiger partial charge in [-0.2, -0.15) is 0 Å². The van der Waals surface area contributed by atoms with Crippen molar-refractivity contribution in [3.8, 4) is 0 Å². The number of hydrogen-bond acceptors (Lipinski definition) is 3. The molecule has 2 N–H and O–H groups in total. The molecule has 4 nitrogen and oxygen atoms in total. The molecular weight excluding hydrogens is 314 g/mol. The number of carbonyl (C=O) groups is 1. The van der Waals surface area contributed by atoms with E-state index in [1.165, 1.54) is 12.1 Å². The van der Waals surface area contributed by atoms with E-state index in [0.717, 1.165) is 18.2 Å². The van der Waals surface area contributed by atoms with E-state index in [9.17, 15) is 13.6 Å². The van der Waals surface area contributed by atoms with Gasteiger partial charge in [0, 0.05) is 12.6 Å². The Morgan fingerprint density at radius 1 is 1.29 bits per heavy atom. The van der Waals surface area contributed by atoms with Gasteiger partial charge >= 0.3 is 0 Å². The van der Waals surface area contributed by atoms with Crippen molar-refractivity contribution in [2.45, 2.75) is 39.0 Å². The van der Waals surface area contributed by atoms with E-state index in [0.29, 0.717) is 12.0 Å². The molecule has 0 spiro atoms. The van der Waals surface area contributed by atoms with Crippen LogP contribution in [0.25, 0.3) is 0 Å². The van der Waals surface area contributed by atoms with Gasteiger partial charge in [-0.3, -0.25) is 15.0 Å². The molecule has 0 saturated carbocycles. The van der Waals surface area contributed by atoms with E-state index >= 15 is 0 Å². The van der Waals surface area contributed by atoms with Crippen molar-refractivity contribution in [3.63, 3.8) is 0 Å². The normalized spacial score (nSPS) is 11.2. The van der Waals surface area contributed by atoms with Crippen molar-refractivity contribution in [1.29, 1.82) is 0 Å². The fourth-order valence-corrected chi connectivity index (χ4v) is 2.17. The minimum absolute atomic E-state index is 0.0838. The number of rotatable bonds is 5. The number of halogens is 2. The largest absolute Gasteiger partial charge is 0.289 e. The summed E-state index contributed by atoms with van der Waals surface area (Å²) in [4.78, 5) is 14.7. The summed E-state index contributed by atoms with van der Waals surface area (Å²) in [7, 11) is 0. The number of amides is 1. The first-order chi connectivity index (χ1) is 11.5. The van der Waals surface area contributed by atoms with E-state index in [2.05, 4.69) is 4.98 Å². The summed E-state index contributed by atoms with van der Waals surface area (Å²) in [6, 6.07) is 8.13. The van der Waals surface area contributed by atoms with Gasteiger partial charge in [0.05, 0.1) is 6.20 Å². The Hall–Kier alpha value is -2.34. The Morgan fingerprint density at radius 3 is 2.50 bits per heavy atom. The van der Waals surface area contributed by atoms with E-state index in [4.69, 9.17) is 5.21 Å². The van der Waals surface area contributed by atoms with E-state index in [-0.39, 0.29) is 24.0 Å². The summed E-state index contributed by atoms with van der Waals surface area (Å²) >= 11 is 0. The fourth-order valence-electron chi connectivity index (χ4n) is 2.17. The van der Waals surface area contributed by atoms with Crippen LogP contribution in [0.3, 0.4) is 0 Å². The van der Waals surface area contributed by atoms with Gasteiger partial charge in [-0.25, -0.2) is 14.3 Å². The first-order valence-corrected chi connectivity index (χ1v) is 7.72. The van der Waals surface area contributed by atoms with Gasteiger partial charge < -0.3 is 0 Å². The maximum absolute atomic E-state index is 12.9. The van der Waals surface area contributed by atoms with Crippen LogP contribution in [0.4, 0.5) is 8.78 Å². The van der Waals surface area contributed by atoms with Crippen LogP contribution >= 0.6 is 0 Å². The molecule has 1 aromatic heterocycles. The molecule has 1 unspecified atom stereocenters. The summed E-state index contributed by atoms with van der Waals surface area (Å²) in [5.74, 6) is -0.849. The van der Waals surface area contributed by atoms with Crippen LogP contribution in [-0.2, 0) is 4.79 Å². The second-order valence-electron chi connectivity index (χ2n) is 5.36. The molecule has 2 aromatic rings. The minimum Gasteiger partial charge on any atom is -0.289 e. The van der Waals surface area contributed by atoms with Crippen LogP contribution in [-0.4, -0.2) is 16.1 Å². The number of aromatic nitrogens is 1. The average molecular weight is 336 g/mol. The number of nitrogens with zero attached hydrogens (tertiary/aromatic N) is 1. The third-order valence-corrected chi connectivity index (χ3v) is 3.61. The topological polar surface area (TPSA) is 62.2 Å². The van der Waals surface area contributed by atoms with Crippen molar-refractivity contribution in [2.75, 3.05) is 0 Å². The molecule has 0 fully saturated rings. The van der Waals surface area contributed by atoms with Crippen LogP contribution in [0.5, 0.6) is 0 Å². The fraction of sp³-hybridized carbons (Fsp3) is 0.333. The molecule has 0 radical (unpaired) electrons. The lowest BCUT2D eigenvalue weighted by Crippen LogP contribution is -2.18. The summed E-state index contributed by atoms with van der Waals surface area (Å²) in [6.07, 6.45) is 4.33. The van der Waals surface area contributed by atoms with Crippen LogP contribution in [0.1, 0.15) is 43.2 Å². The molecule has 1 heterocycles. The number of pyridine rings is 1. The molecule has 0 saturated heterocycles. The Bertz CT molecular complexity index is 629. The highest BCUT2D eigenvalue weighted by Crippen LogP contribution is 2.24. The third kappa shape index (κ3) is 6.83. The van der Waals surface area contributed by atoms with Gasteiger partial charge in [0.2, 0.25) is 5.91 Å². The molecule has 0 bridgehead atoms. The molecule has 1 aromatic carbocycles. The van der Waals surface area contributed by atoms with Gasteiger partial charge in [0.25, 0.3) is 0 Å². The molecule has 2 rings (SSSR count). The molecule has 0 aliphatic carbocycles.